The topological polar surface area (TPSA) is 65.0 Å². The zero-order valence-electron chi connectivity index (χ0n) is 27.0. The van der Waals surface area contributed by atoms with Crippen LogP contribution in [0.5, 0.6) is 0 Å². The molecule has 4 aromatic heterocycles. The number of thiophene rings is 1. The normalized spacial score (nSPS) is 11.9. The van der Waals surface area contributed by atoms with E-state index in [1.807, 2.05) is 48.5 Å². The van der Waals surface area contributed by atoms with Crippen LogP contribution in [0, 0.1) is 0 Å². The second kappa shape index (κ2) is 10.9. The third kappa shape index (κ3) is 4.37. The van der Waals surface area contributed by atoms with Crippen molar-refractivity contribution in [2.45, 2.75) is 0 Å². The summed E-state index contributed by atoms with van der Waals surface area (Å²) in [6.45, 7) is 0. The Bertz CT molecular complexity index is 3140. The summed E-state index contributed by atoms with van der Waals surface area (Å²) in [6.07, 6.45) is 0. The van der Waals surface area contributed by atoms with Gasteiger partial charge in [0, 0.05) is 48.1 Å². The molecule has 0 N–H and O–H groups in total. The second-order valence-electron chi connectivity index (χ2n) is 12.7. The molecular weight excluding hydrogens is 647 g/mol. The summed E-state index contributed by atoms with van der Waals surface area (Å²) in [5.74, 6) is 1.74. The molecule has 0 aliphatic rings. The summed E-state index contributed by atoms with van der Waals surface area (Å²) in [7, 11) is 0. The van der Waals surface area contributed by atoms with Gasteiger partial charge >= 0.3 is 0 Å². The summed E-state index contributed by atoms with van der Waals surface area (Å²) in [4.78, 5) is 15.7. The van der Waals surface area contributed by atoms with Crippen molar-refractivity contribution in [1.82, 2.24) is 15.0 Å². The van der Waals surface area contributed by atoms with Crippen molar-refractivity contribution >= 4 is 75.4 Å². The lowest BCUT2D eigenvalue weighted by molar-refractivity contribution is 0.669. The predicted octanol–water partition coefficient (Wildman–Crippen LogP) is 12.7. The maximum absolute atomic E-state index is 6.57. The number of nitrogens with zero attached hydrogens (tertiary/aromatic N) is 3. The van der Waals surface area contributed by atoms with Crippen LogP contribution in [0.25, 0.3) is 109 Å². The Labute approximate surface area is 295 Å². The van der Waals surface area contributed by atoms with Crippen molar-refractivity contribution in [2.24, 2.45) is 0 Å². The largest absolute Gasteiger partial charge is 0.455 e. The molecule has 0 radical (unpaired) electrons. The molecule has 0 aliphatic carbocycles. The number of furan rings is 2. The van der Waals surface area contributed by atoms with Crippen LogP contribution < -0.4 is 0 Å². The minimum absolute atomic E-state index is 0.554. The van der Waals surface area contributed by atoms with Gasteiger partial charge in [0.05, 0.1) is 10.3 Å². The second-order valence-corrected chi connectivity index (χ2v) is 13.8. The molecule has 0 saturated heterocycles. The van der Waals surface area contributed by atoms with E-state index in [4.69, 9.17) is 23.8 Å². The van der Waals surface area contributed by atoms with E-state index in [1.165, 1.54) is 4.70 Å². The number of fused-ring (bicyclic) bond motifs is 10. The molecule has 0 spiro atoms. The number of aromatic nitrogens is 3. The Morgan fingerprint density at radius 2 is 0.961 bits per heavy atom. The van der Waals surface area contributed by atoms with Crippen molar-refractivity contribution in [1.29, 1.82) is 0 Å². The molecule has 0 amide bonds. The van der Waals surface area contributed by atoms with Gasteiger partial charge in [-0.25, -0.2) is 15.0 Å². The summed E-state index contributed by atoms with van der Waals surface area (Å²) in [5.41, 5.74) is 8.26. The number of para-hydroxylation sites is 3. The molecule has 0 fully saturated rings. The smallest absolute Gasteiger partial charge is 0.167 e. The molecule has 5 nitrogen and oxygen atoms in total. The van der Waals surface area contributed by atoms with Gasteiger partial charge in [0.25, 0.3) is 0 Å². The van der Waals surface area contributed by atoms with Gasteiger partial charge in [-0.2, -0.15) is 0 Å². The van der Waals surface area contributed by atoms with Crippen LogP contribution >= 0.6 is 11.3 Å². The van der Waals surface area contributed by atoms with Crippen LogP contribution in [0.1, 0.15) is 0 Å². The lowest BCUT2D eigenvalue weighted by Crippen LogP contribution is -2.00. The Morgan fingerprint density at radius 1 is 0.392 bits per heavy atom. The van der Waals surface area contributed by atoms with E-state index in [-0.39, 0.29) is 0 Å². The van der Waals surface area contributed by atoms with Gasteiger partial charge in [-0.15, -0.1) is 11.3 Å². The fourth-order valence-corrected chi connectivity index (χ4v) is 8.55. The van der Waals surface area contributed by atoms with E-state index in [2.05, 4.69) is 103 Å². The predicted molar refractivity (Wildman–Crippen MR) is 209 cm³/mol. The lowest BCUT2D eigenvalue weighted by atomic mass is 10.0. The van der Waals surface area contributed by atoms with Crippen LogP contribution in [0.4, 0.5) is 0 Å². The highest BCUT2D eigenvalue weighted by Crippen LogP contribution is 2.46. The van der Waals surface area contributed by atoms with E-state index in [1.54, 1.807) is 11.3 Å². The molecular formula is C45H25N3O2S. The Hall–Kier alpha value is -6.63. The summed E-state index contributed by atoms with van der Waals surface area (Å²) < 4.78 is 15.3. The molecule has 0 saturated carbocycles. The van der Waals surface area contributed by atoms with Crippen molar-refractivity contribution in [3.8, 4) is 45.3 Å². The zero-order chi connectivity index (χ0) is 33.5. The Balaban J connectivity index is 1.21. The van der Waals surface area contributed by atoms with Crippen LogP contribution in [-0.4, -0.2) is 15.0 Å². The number of hydrogen-bond acceptors (Lipinski definition) is 6. The minimum Gasteiger partial charge on any atom is -0.455 e. The van der Waals surface area contributed by atoms with Crippen LogP contribution in [0.3, 0.4) is 0 Å². The first-order valence-electron chi connectivity index (χ1n) is 16.9. The first-order valence-corrected chi connectivity index (χ1v) is 17.7. The fourth-order valence-electron chi connectivity index (χ4n) is 7.34. The standard InChI is InChI=1S/C45H25N3O2S/c1-2-11-26(12-3-1)27-21-23-28(24-22-27)43-46-44(33-17-10-16-31-29-13-4-7-18-36(29)49-40(31)33)48-45(47-43)35-25-34-30-14-5-8-19-37(30)50-41(34)39-32-15-6-9-20-38(32)51-42(35)39/h1-25H. The average Bonchev–Trinajstić information content (AvgIpc) is 3.89. The number of rotatable bonds is 4. The molecule has 11 aromatic rings. The van der Waals surface area contributed by atoms with Gasteiger partial charge in [-0.05, 0) is 41.5 Å². The number of benzene rings is 7. The fraction of sp³-hybridized carbons (Fsp3) is 0. The molecule has 0 atom stereocenters. The molecule has 7 aromatic carbocycles. The first-order chi connectivity index (χ1) is 25.3. The first kappa shape index (κ1) is 28.2. The van der Waals surface area contributed by atoms with Crippen molar-refractivity contribution in [2.75, 3.05) is 0 Å². The SMILES string of the molecule is c1ccc(-c2ccc(-c3nc(-c4cccc5c4oc4ccccc45)nc(-c4cc5c6ccccc6oc5c5c4sc4ccccc45)n3)cc2)cc1. The summed E-state index contributed by atoms with van der Waals surface area (Å²) in [6, 6.07) is 52.0. The third-order valence-electron chi connectivity index (χ3n) is 9.76. The van der Waals surface area contributed by atoms with Crippen molar-refractivity contribution in [3.05, 3.63) is 152 Å². The summed E-state index contributed by atoms with van der Waals surface area (Å²) in [5, 5.41) is 6.41. The Kier molecular flexibility index (Phi) is 6.05. The maximum atomic E-state index is 6.57. The van der Waals surface area contributed by atoms with Crippen LogP contribution in [0.2, 0.25) is 0 Å². The summed E-state index contributed by atoms with van der Waals surface area (Å²) >= 11 is 1.74. The maximum Gasteiger partial charge on any atom is 0.167 e. The molecule has 0 bridgehead atoms. The zero-order valence-corrected chi connectivity index (χ0v) is 27.8. The van der Waals surface area contributed by atoms with E-state index in [0.717, 1.165) is 87.2 Å². The highest BCUT2D eigenvalue weighted by atomic mass is 32.1. The minimum atomic E-state index is 0.554. The highest BCUT2D eigenvalue weighted by Gasteiger charge is 2.23. The van der Waals surface area contributed by atoms with Gasteiger partial charge in [-0.1, -0.05) is 121 Å². The van der Waals surface area contributed by atoms with E-state index < -0.39 is 0 Å². The molecule has 0 aliphatic heterocycles. The molecule has 11 rings (SSSR count). The lowest BCUT2D eigenvalue weighted by Gasteiger charge is -2.10. The van der Waals surface area contributed by atoms with Gasteiger partial charge < -0.3 is 8.83 Å². The Morgan fingerprint density at radius 3 is 1.75 bits per heavy atom. The van der Waals surface area contributed by atoms with Crippen molar-refractivity contribution < 1.29 is 8.83 Å². The van der Waals surface area contributed by atoms with Crippen LogP contribution in [-0.2, 0) is 0 Å². The average molecular weight is 672 g/mol. The highest BCUT2D eigenvalue weighted by molar-refractivity contribution is 7.26. The molecule has 238 valence electrons. The van der Waals surface area contributed by atoms with Crippen LogP contribution in [0.15, 0.2) is 160 Å². The molecule has 4 heterocycles. The van der Waals surface area contributed by atoms with Gasteiger partial charge in [0.1, 0.15) is 22.3 Å². The van der Waals surface area contributed by atoms with Crippen molar-refractivity contribution in [3.63, 3.8) is 0 Å². The molecule has 51 heavy (non-hydrogen) atoms. The number of hydrogen-bond donors (Lipinski definition) is 0. The molecule has 0 unspecified atom stereocenters. The van der Waals surface area contributed by atoms with Gasteiger partial charge in [0.2, 0.25) is 0 Å². The quantitative estimate of drug-likeness (QED) is 0.186. The van der Waals surface area contributed by atoms with E-state index in [0.29, 0.717) is 17.5 Å². The van der Waals surface area contributed by atoms with E-state index >= 15 is 0 Å². The molecule has 6 heteroatoms. The monoisotopic (exact) mass is 671 g/mol. The van der Waals surface area contributed by atoms with Gasteiger partial charge in [0.15, 0.2) is 17.5 Å². The van der Waals surface area contributed by atoms with Gasteiger partial charge in [-0.3, -0.25) is 0 Å². The third-order valence-corrected chi connectivity index (χ3v) is 11.0. The van der Waals surface area contributed by atoms with E-state index in [9.17, 15) is 0 Å².